The standard InChI is InChI=1S/C23H27N3O5S2/c1-3-30-18-9-5-16(6-10-18)24-22(27)13-26(17-7-11-19(12-8-17)31-4-2)23-25-20-14-33(28,29)15-21(20)32-23/h5-12,20-21H,3-4,13-15H2,1-2H3,(H,24,27)/t20-,21-/m0/s1. The number of anilines is 2. The van der Waals surface area contributed by atoms with E-state index in [0.29, 0.717) is 24.1 Å². The molecule has 0 spiro atoms. The van der Waals surface area contributed by atoms with E-state index in [9.17, 15) is 13.2 Å². The minimum Gasteiger partial charge on any atom is -0.494 e. The zero-order valence-electron chi connectivity index (χ0n) is 18.6. The minimum absolute atomic E-state index is 0.0409. The van der Waals surface area contributed by atoms with Gasteiger partial charge in [0.1, 0.15) is 18.0 Å². The van der Waals surface area contributed by atoms with Crippen LogP contribution in [0.3, 0.4) is 0 Å². The van der Waals surface area contributed by atoms with Gasteiger partial charge in [-0.2, -0.15) is 0 Å². The average Bonchev–Trinajstić information content (AvgIpc) is 3.28. The van der Waals surface area contributed by atoms with E-state index in [0.717, 1.165) is 17.2 Å². The van der Waals surface area contributed by atoms with Crippen LogP contribution >= 0.6 is 11.8 Å². The van der Waals surface area contributed by atoms with E-state index in [1.54, 1.807) is 12.1 Å². The molecule has 0 saturated carbocycles. The Labute approximate surface area is 198 Å². The maximum atomic E-state index is 12.9. The Kier molecular flexibility index (Phi) is 7.14. The second-order valence-corrected chi connectivity index (χ2v) is 11.1. The van der Waals surface area contributed by atoms with Gasteiger partial charge in [0.05, 0.1) is 30.8 Å². The molecular weight excluding hydrogens is 462 g/mol. The lowest BCUT2D eigenvalue weighted by Crippen LogP contribution is -2.36. The molecule has 1 N–H and O–H groups in total. The van der Waals surface area contributed by atoms with Crippen molar-refractivity contribution in [1.29, 1.82) is 0 Å². The van der Waals surface area contributed by atoms with Crippen molar-refractivity contribution in [3.63, 3.8) is 0 Å². The summed E-state index contributed by atoms with van der Waals surface area (Å²) in [4.78, 5) is 19.4. The van der Waals surface area contributed by atoms with E-state index >= 15 is 0 Å². The number of carbonyl (C=O) groups is 1. The number of fused-ring (bicyclic) bond motifs is 1. The summed E-state index contributed by atoms with van der Waals surface area (Å²) in [6.07, 6.45) is 0. The van der Waals surface area contributed by atoms with Crippen molar-refractivity contribution < 1.29 is 22.7 Å². The SMILES string of the molecule is CCOc1ccc(NC(=O)CN(C2=N[C@H]3CS(=O)(=O)C[C@@H]3S2)c2ccc(OCC)cc2)cc1. The third kappa shape index (κ3) is 5.80. The normalized spacial score (nSPS) is 20.6. The molecule has 4 rings (SSSR count). The highest BCUT2D eigenvalue weighted by molar-refractivity contribution is 8.15. The van der Waals surface area contributed by atoms with Crippen LogP contribution in [0.4, 0.5) is 11.4 Å². The number of carbonyl (C=O) groups excluding carboxylic acids is 1. The van der Waals surface area contributed by atoms with Gasteiger partial charge < -0.3 is 19.7 Å². The summed E-state index contributed by atoms with van der Waals surface area (Å²) in [5.74, 6) is 1.45. The summed E-state index contributed by atoms with van der Waals surface area (Å²) in [5, 5.41) is 3.46. The predicted molar refractivity (Wildman–Crippen MR) is 132 cm³/mol. The molecule has 2 heterocycles. The van der Waals surface area contributed by atoms with Crippen molar-refractivity contribution in [2.24, 2.45) is 4.99 Å². The third-order valence-corrected chi connectivity index (χ3v) is 8.49. The molecule has 0 radical (unpaired) electrons. The molecule has 0 unspecified atom stereocenters. The van der Waals surface area contributed by atoms with Gasteiger partial charge in [0.15, 0.2) is 15.0 Å². The average molecular weight is 490 g/mol. The van der Waals surface area contributed by atoms with Crippen molar-refractivity contribution in [2.45, 2.75) is 25.1 Å². The summed E-state index contributed by atoms with van der Waals surface area (Å²) in [6.45, 7) is 5.01. The quantitative estimate of drug-likeness (QED) is 0.608. The number of rotatable bonds is 8. The monoisotopic (exact) mass is 489 g/mol. The van der Waals surface area contributed by atoms with E-state index in [4.69, 9.17) is 9.47 Å². The second kappa shape index (κ2) is 10.0. The van der Waals surface area contributed by atoms with Crippen molar-refractivity contribution in [2.75, 3.05) is 41.5 Å². The number of nitrogens with one attached hydrogen (secondary N) is 1. The third-order valence-electron chi connectivity index (χ3n) is 5.25. The van der Waals surface area contributed by atoms with Crippen molar-refractivity contribution in [3.8, 4) is 11.5 Å². The van der Waals surface area contributed by atoms with E-state index in [-0.39, 0.29) is 35.2 Å². The predicted octanol–water partition coefficient (Wildman–Crippen LogP) is 3.20. The molecule has 176 valence electrons. The van der Waals surface area contributed by atoms with E-state index in [1.807, 2.05) is 55.1 Å². The van der Waals surface area contributed by atoms with E-state index < -0.39 is 9.84 Å². The molecule has 0 bridgehead atoms. The van der Waals surface area contributed by atoms with Crippen LogP contribution in [0.5, 0.6) is 11.5 Å². The summed E-state index contributed by atoms with van der Waals surface area (Å²) in [7, 11) is -3.06. The fourth-order valence-electron chi connectivity index (χ4n) is 3.77. The minimum atomic E-state index is -3.06. The smallest absolute Gasteiger partial charge is 0.244 e. The molecular formula is C23H27N3O5S2. The van der Waals surface area contributed by atoms with Crippen molar-refractivity contribution in [1.82, 2.24) is 0 Å². The lowest BCUT2D eigenvalue weighted by molar-refractivity contribution is -0.114. The Bertz CT molecular complexity index is 1120. The van der Waals surface area contributed by atoms with Gasteiger partial charge in [-0.05, 0) is 62.4 Å². The Morgan fingerprint density at radius 3 is 2.21 bits per heavy atom. The number of thioether (sulfide) groups is 1. The van der Waals surface area contributed by atoms with Crippen LogP contribution in [-0.2, 0) is 14.6 Å². The van der Waals surface area contributed by atoms with Crippen LogP contribution in [0.1, 0.15) is 13.8 Å². The van der Waals surface area contributed by atoms with Crippen molar-refractivity contribution >= 4 is 44.0 Å². The molecule has 1 saturated heterocycles. The van der Waals surface area contributed by atoms with Gasteiger partial charge in [-0.25, -0.2) is 8.42 Å². The fraction of sp³-hybridized carbons (Fsp3) is 0.391. The number of aliphatic imine (C=N–C) groups is 1. The highest BCUT2D eigenvalue weighted by Crippen LogP contribution is 2.37. The molecule has 0 aromatic heterocycles. The molecule has 0 aliphatic carbocycles. The van der Waals surface area contributed by atoms with Gasteiger partial charge in [0.25, 0.3) is 0 Å². The Balaban J connectivity index is 1.52. The Morgan fingerprint density at radius 1 is 1.03 bits per heavy atom. The first-order valence-electron chi connectivity index (χ1n) is 10.8. The Morgan fingerprint density at radius 2 is 1.64 bits per heavy atom. The van der Waals surface area contributed by atoms with Crippen LogP contribution in [-0.4, -0.2) is 62.0 Å². The Hall–Kier alpha value is -2.72. The molecule has 1 fully saturated rings. The lowest BCUT2D eigenvalue weighted by atomic mass is 10.2. The summed E-state index contributed by atoms with van der Waals surface area (Å²) in [6, 6.07) is 14.4. The molecule has 2 aromatic carbocycles. The van der Waals surface area contributed by atoms with Gasteiger partial charge in [0, 0.05) is 16.6 Å². The van der Waals surface area contributed by atoms with E-state index in [2.05, 4.69) is 10.3 Å². The molecule has 2 aliphatic heterocycles. The molecule has 33 heavy (non-hydrogen) atoms. The number of nitrogens with zero attached hydrogens (tertiary/aromatic N) is 2. The van der Waals surface area contributed by atoms with Gasteiger partial charge in [0.2, 0.25) is 5.91 Å². The summed E-state index contributed by atoms with van der Waals surface area (Å²) < 4.78 is 34.9. The number of sulfone groups is 1. The molecule has 8 nitrogen and oxygen atoms in total. The highest BCUT2D eigenvalue weighted by atomic mass is 32.2. The molecule has 1 amide bonds. The van der Waals surface area contributed by atoms with E-state index in [1.165, 1.54) is 11.8 Å². The molecule has 2 aromatic rings. The van der Waals surface area contributed by atoms with Gasteiger partial charge in [-0.3, -0.25) is 9.79 Å². The number of ether oxygens (including phenoxy) is 2. The topological polar surface area (TPSA) is 97.3 Å². The van der Waals surface area contributed by atoms with Crippen molar-refractivity contribution in [3.05, 3.63) is 48.5 Å². The van der Waals surface area contributed by atoms with Gasteiger partial charge in [-0.15, -0.1) is 0 Å². The first-order valence-corrected chi connectivity index (χ1v) is 13.5. The van der Waals surface area contributed by atoms with Crippen LogP contribution in [0.2, 0.25) is 0 Å². The van der Waals surface area contributed by atoms with Crippen LogP contribution in [0.15, 0.2) is 53.5 Å². The van der Waals surface area contributed by atoms with Crippen LogP contribution in [0, 0.1) is 0 Å². The number of hydrogen-bond donors (Lipinski definition) is 1. The first kappa shape index (κ1) is 23.4. The molecule has 2 aliphatic rings. The van der Waals surface area contributed by atoms with Gasteiger partial charge >= 0.3 is 0 Å². The number of amidine groups is 1. The van der Waals surface area contributed by atoms with Crippen LogP contribution in [0.25, 0.3) is 0 Å². The molecule has 10 heteroatoms. The highest BCUT2D eigenvalue weighted by Gasteiger charge is 2.44. The zero-order chi connectivity index (χ0) is 23.4. The summed E-state index contributed by atoms with van der Waals surface area (Å²) in [5.41, 5.74) is 1.45. The summed E-state index contributed by atoms with van der Waals surface area (Å²) >= 11 is 1.43. The fourth-order valence-corrected chi connectivity index (χ4v) is 7.55. The maximum Gasteiger partial charge on any atom is 0.244 e. The second-order valence-electron chi connectivity index (χ2n) is 7.73. The van der Waals surface area contributed by atoms with Crippen LogP contribution < -0.4 is 19.7 Å². The number of hydrogen-bond acceptors (Lipinski definition) is 8. The number of benzene rings is 2. The first-order chi connectivity index (χ1) is 15.9. The van der Waals surface area contributed by atoms with Gasteiger partial charge in [-0.1, -0.05) is 11.8 Å². The largest absolute Gasteiger partial charge is 0.494 e. The maximum absolute atomic E-state index is 12.9. The lowest BCUT2D eigenvalue weighted by Gasteiger charge is -2.24. The number of amides is 1. The zero-order valence-corrected chi connectivity index (χ0v) is 20.2. The molecule has 2 atom stereocenters.